The van der Waals surface area contributed by atoms with E-state index < -0.39 is 12.0 Å². The average molecular weight is 481 g/mol. The van der Waals surface area contributed by atoms with Crippen LogP contribution in [0.5, 0.6) is 0 Å². The van der Waals surface area contributed by atoms with Gasteiger partial charge in [0.05, 0.1) is 28.5 Å². The predicted octanol–water partition coefficient (Wildman–Crippen LogP) is 4.58. The summed E-state index contributed by atoms with van der Waals surface area (Å²) in [6.07, 6.45) is 1.80. The van der Waals surface area contributed by atoms with Gasteiger partial charge in [0, 0.05) is 5.02 Å². The van der Waals surface area contributed by atoms with Gasteiger partial charge in [-0.05, 0) is 54.7 Å². The fourth-order valence-corrected chi connectivity index (χ4v) is 5.16. The highest BCUT2D eigenvalue weighted by atomic mass is 35.5. The normalized spacial score (nSPS) is 16.1. The second-order valence-corrected chi connectivity index (χ2v) is 9.62. The molecule has 0 radical (unpaired) electrons. The third kappa shape index (κ3) is 4.59. The van der Waals surface area contributed by atoms with Crippen molar-refractivity contribution in [1.29, 1.82) is 0 Å². The number of rotatable bonds is 5. The summed E-state index contributed by atoms with van der Waals surface area (Å²) in [6, 6.07) is 14.8. The third-order valence-corrected chi connectivity index (χ3v) is 6.80. The molecule has 1 unspecified atom stereocenters. The molecule has 33 heavy (non-hydrogen) atoms. The smallest absolute Gasteiger partial charge is 0.338 e. The number of fused-ring (bicyclic) bond motifs is 1. The first kappa shape index (κ1) is 23.2. The Hall–Kier alpha value is -2.96. The molecule has 1 aromatic heterocycles. The van der Waals surface area contributed by atoms with E-state index in [4.69, 9.17) is 16.3 Å². The monoisotopic (exact) mass is 480 g/mol. The number of thiazole rings is 1. The number of esters is 1. The van der Waals surface area contributed by atoms with E-state index in [1.807, 2.05) is 36.4 Å². The van der Waals surface area contributed by atoms with Crippen LogP contribution in [-0.2, 0) is 9.53 Å². The van der Waals surface area contributed by atoms with Crippen molar-refractivity contribution < 1.29 is 9.53 Å². The van der Waals surface area contributed by atoms with Gasteiger partial charge in [-0.25, -0.2) is 9.79 Å². The third-order valence-electron chi connectivity index (χ3n) is 5.58. The molecule has 0 bridgehead atoms. The van der Waals surface area contributed by atoms with Crippen LogP contribution >= 0.6 is 22.9 Å². The average Bonchev–Trinajstić information content (AvgIpc) is 3.07. The Morgan fingerprint density at radius 1 is 1.24 bits per heavy atom. The van der Waals surface area contributed by atoms with Crippen LogP contribution in [0, 0.1) is 0 Å². The molecule has 2 heterocycles. The van der Waals surface area contributed by atoms with Crippen molar-refractivity contribution in [1.82, 2.24) is 4.57 Å². The van der Waals surface area contributed by atoms with Crippen LogP contribution in [0.15, 0.2) is 69.6 Å². The Kier molecular flexibility index (Phi) is 6.68. The molecular weight excluding hydrogens is 456 g/mol. The first-order valence-electron chi connectivity index (χ1n) is 10.8. The Balaban J connectivity index is 1.94. The molecular formula is C26H25ClN2O3S. The minimum atomic E-state index is -0.608. The minimum Gasteiger partial charge on any atom is -0.463 e. The van der Waals surface area contributed by atoms with Crippen molar-refractivity contribution >= 4 is 35.0 Å². The summed E-state index contributed by atoms with van der Waals surface area (Å²) in [4.78, 5) is 31.7. The lowest BCUT2D eigenvalue weighted by atomic mass is 9.93. The van der Waals surface area contributed by atoms with Crippen molar-refractivity contribution in [3.63, 3.8) is 0 Å². The zero-order valence-electron chi connectivity index (χ0n) is 19.0. The predicted molar refractivity (Wildman–Crippen MR) is 132 cm³/mol. The van der Waals surface area contributed by atoms with Crippen LogP contribution in [0.4, 0.5) is 0 Å². The van der Waals surface area contributed by atoms with Gasteiger partial charge in [-0.3, -0.25) is 9.36 Å². The van der Waals surface area contributed by atoms with Gasteiger partial charge in [-0.15, -0.1) is 0 Å². The number of hydrogen-bond acceptors (Lipinski definition) is 5. The van der Waals surface area contributed by atoms with E-state index in [2.05, 4.69) is 18.8 Å². The van der Waals surface area contributed by atoms with E-state index >= 15 is 0 Å². The molecule has 0 fully saturated rings. The number of ether oxygens (including phenoxy) is 1. The van der Waals surface area contributed by atoms with Crippen LogP contribution in [0.3, 0.4) is 0 Å². The largest absolute Gasteiger partial charge is 0.463 e. The van der Waals surface area contributed by atoms with Gasteiger partial charge in [0.15, 0.2) is 4.80 Å². The Morgan fingerprint density at radius 2 is 1.97 bits per heavy atom. The quantitative estimate of drug-likeness (QED) is 0.502. The van der Waals surface area contributed by atoms with Crippen molar-refractivity contribution in [2.75, 3.05) is 6.61 Å². The Labute approximate surface area is 201 Å². The molecule has 1 aliphatic rings. The zero-order chi connectivity index (χ0) is 23.7. The fraction of sp³-hybridized carbons (Fsp3) is 0.269. The molecule has 170 valence electrons. The van der Waals surface area contributed by atoms with Crippen molar-refractivity contribution in [2.24, 2.45) is 4.99 Å². The summed E-state index contributed by atoms with van der Waals surface area (Å²) in [7, 11) is 0. The summed E-state index contributed by atoms with van der Waals surface area (Å²) in [5.74, 6) is -0.0821. The molecule has 4 rings (SSSR count). The summed E-state index contributed by atoms with van der Waals surface area (Å²) in [5.41, 5.74) is 3.59. The number of hydrogen-bond donors (Lipinski definition) is 0. The van der Waals surface area contributed by atoms with E-state index in [1.54, 1.807) is 36.6 Å². The number of carbonyl (C=O) groups is 1. The fourth-order valence-electron chi connectivity index (χ4n) is 3.92. The van der Waals surface area contributed by atoms with Gasteiger partial charge >= 0.3 is 5.97 Å². The van der Waals surface area contributed by atoms with E-state index in [0.29, 0.717) is 31.5 Å². The van der Waals surface area contributed by atoms with Crippen molar-refractivity contribution in [3.8, 4) is 0 Å². The van der Waals surface area contributed by atoms with Gasteiger partial charge in [0.2, 0.25) is 0 Å². The second-order valence-electron chi connectivity index (χ2n) is 8.18. The lowest BCUT2D eigenvalue weighted by molar-refractivity contribution is -0.139. The van der Waals surface area contributed by atoms with Crippen molar-refractivity contribution in [3.05, 3.63) is 101 Å². The van der Waals surface area contributed by atoms with Crippen molar-refractivity contribution in [2.45, 2.75) is 39.7 Å². The molecule has 0 saturated carbocycles. The number of allylic oxidation sites excluding steroid dienone is 1. The molecule has 0 spiro atoms. The van der Waals surface area contributed by atoms with Crippen LogP contribution in [-0.4, -0.2) is 17.1 Å². The maximum absolute atomic E-state index is 13.6. The highest BCUT2D eigenvalue weighted by Gasteiger charge is 2.33. The first-order valence-corrected chi connectivity index (χ1v) is 12.0. The van der Waals surface area contributed by atoms with Gasteiger partial charge < -0.3 is 4.74 Å². The Morgan fingerprint density at radius 3 is 2.61 bits per heavy atom. The number of nitrogens with zero attached hydrogens (tertiary/aromatic N) is 2. The molecule has 0 saturated heterocycles. The number of halogens is 1. The lowest BCUT2D eigenvalue weighted by Gasteiger charge is -2.25. The number of aromatic nitrogens is 1. The van der Waals surface area contributed by atoms with Crippen LogP contribution in [0.25, 0.3) is 6.08 Å². The number of benzene rings is 2. The van der Waals surface area contributed by atoms with Gasteiger partial charge in [-0.1, -0.05) is 73.2 Å². The van der Waals surface area contributed by atoms with Crippen LogP contribution < -0.4 is 14.9 Å². The van der Waals surface area contributed by atoms with E-state index in [-0.39, 0.29) is 12.2 Å². The molecule has 0 amide bonds. The van der Waals surface area contributed by atoms with E-state index in [9.17, 15) is 9.59 Å². The first-order chi connectivity index (χ1) is 15.8. The zero-order valence-corrected chi connectivity index (χ0v) is 20.5. The SMILES string of the molecule is CCOC(=O)C1=C(C)N=c2s/c(=C/c3cccc(Cl)c3)c(=O)n2C1c1ccc(C(C)C)cc1. The summed E-state index contributed by atoms with van der Waals surface area (Å²) in [6.45, 7) is 8.05. The minimum absolute atomic E-state index is 0.203. The topological polar surface area (TPSA) is 60.7 Å². The maximum atomic E-state index is 13.6. The summed E-state index contributed by atoms with van der Waals surface area (Å²) < 4.78 is 7.47. The van der Waals surface area contributed by atoms with E-state index in [0.717, 1.165) is 11.1 Å². The Bertz CT molecular complexity index is 1410. The van der Waals surface area contributed by atoms with Crippen LogP contribution in [0.1, 0.15) is 56.3 Å². The van der Waals surface area contributed by atoms with Crippen LogP contribution in [0.2, 0.25) is 5.02 Å². The standard InChI is InChI=1S/C26H25ClN2O3S/c1-5-32-25(31)22-16(4)28-26-29(23(22)19-11-9-18(10-12-19)15(2)3)24(30)21(33-26)14-17-7-6-8-20(27)13-17/h6-15,23H,5H2,1-4H3/b21-14+. The molecule has 5 nitrogen and oxygen atoms in total. The molecule has 0 aliphatic carbocycles. The highest BCUT2D eigenvalue weighted by molar-refractivity contribution is 7.07. The number of carbonyl (C=O) groups excluding carboxylic acids is 1. The molecule has 1 aliphatic heterocycles. The molecule has 2 aromatic carbocycles. The van der Waals surface area contributed by atoms with Gasteiger partial charge in [-0.2, -0.15) is 0 Å². The summed E-state index contributed by atoms with van der Waals surface area (Å²) >= 11 is 7.42. The maximum Gasteiger partial charge on any atom is 0.338 e. The van der Waals surface area contributed by atoms with E-state index in [1.165, 1.54) is 16.9 Å². The highest BCUT2D eigenvalue weighted by Crippen LogP contribution is 2.31. The van der Waals surface area contributed by atoms with Gasteiger partial charge in [0.1, 0.15) is 0 Å². The lowest BCUT2D eigenvalue weighted by Crippen LogP contribution is -2.39. The summed E-state index contributed by atoms with van der Waals surface area (Å²) in [5, 5.41) is 0.597. The molecule has 0 N–H and O–H groups in total. The van der Waals surface area contributed by atoms with Gasteiger partial charge in [0.25, 0.3) is 5.56 Å². The molecule has 7 heteroatoms. The molecule has 3 aromatic rings. The second kappa shape index (κ2) is 9.49. The molecule has 1 atom stereocenters.